The highest BCUT2D eigenvalue weighted by Crippen LogP contribution is 2.28. The maximum atomic E-state index is 12.6. The molecule has 1 unspecified atom stereocenters. The summed E-state index contributed by atoms with van der Waals surface area (Å²) in [5.74, 6) is 1.19. The number of rotatable bonds is 4. The van der Waals surface area contributed by atoms with E-state index in [2.05, 4.69) is 15.2 Å². The molecule has 0 aliphatic carbocycles. The van der Waals surface area contributed by atoms with Crippen LogP contribution in [0.4, 0.5) is 0 Å². The van der Waals surface area contributed by atoms with Crippen LogP contribution in [-0.4, -0.2) is 48.4 Å². The molecular weight excluding hydrogens is 320 g/mol. The lowest BCUT2D eigenvalue weighted by Gasteiger charge is -2.13. The number of nitrogens with zero attached hydrogens (tertiary/aromatic N) is 6. The lowest BCUT2D eigenvalue weighted by molar-refractivity contribution is 0.0783. The summed E-state index contributed by atoms with van der Waals surface area (Å²) in [5.41, 5.74) is 1.39. The van der Waals surface area contributed by atoms with Gasteiger partial charge in [0.2, 0.25) is 11.7 Å². The molecule has 25 heavy (non-hydrogen) atoms. The van der Waals surface area contributed by atoms with E-state index in [0.29, 0.717) is 30.5 Å². The zero-order valence-corrected chi connectivity index (χ0v) is 14.3. The van der Waals surface area contributed by atoms with Gasteiger partial charge in [0.25, 0.3) is 5.91 Å². The SMILES string of the molecule is CCn1ccc(C(=O)N2CCC(c3nc(-c4cccn4C)no3)C2)n1. The molecule has 8 nitrogen and oxygen atoms in total. The van der Waals surface area contributed by atoms with E-state index in [9.17, 15) is 4.79 Å². The average Bonchev–Trinajstić information content (AvgIpc) is 3.38. The molecule has 3 aromatic rings. The number of carbonyl (C=O) groups excluding carboxylic acids is 1. The van der Waals surface area contributed by atoms with Crippen molar-refractivity contribution in [3.8, 4) is 11.5 Å². The van der Waals surface area contributed by atoms with Gasteiger partial charge in [-0.2, -0.15) is 10.1 Å². The van der Waals surface area contributed by atoms with Crippen molar-refractivity contribution in [3.63, 3.8) is 0 Å². The van der Waals surface area contributed by atoms with Crippen molar-refractivity contribution >= 4 is 5.91 Å². The van der Waals surface area contributed by atoms with E-state index in [1.807, 2.05) is 43.1 Å². The van der Waals surface area contributed by atoms with Crippen LogP contribution in [0, 0.1) is 0 Å². The van der Waals surface area contributed by atoms with Crippen LogP contribution in [-0.2, 0) is 13.6 Å². The minimum Gasteiger partial charge on any atom is -0.348 e. The summed E-state index contributed by atoms with van der Waals surface area (Å²) in [5, 5.41) is 8.37. The molecule has 1 aliphatic heterocycles. The van der Waals surface area contributed by atoms with Crippen molar-refractivity contribution in [2.45, 2.75) is 25.8 Å². The van der Waals surface area contributed by atoms with E-state index in [0.717, 1.165) is 18.7 Å². The van der Waals surface area contributed by atoms with Crippen LogP contribution in [0.5, 0.6) is 0 Å². The third-order valence-electron chi connectivity index (χ3n) is 4.62. The molecule has 0 aromatic carbocycles. The molecule has 1 atom stereocenters. The van der Waals surface area contributed by atoms with Gasteiger partial charge in [0, 0.05) is 39.1 Å². The number of likely N-dealkylation sites (tertiary alicyclic amines) is 1. The topological polar surface area (TPSA) is 82.0 Å². The molecule has 0 saturated carbocycles. The van der Waals surface area contributed by atoms with Crippen LogP contribution in [0.1, 0.15) is 35.6 Å². The minimum atomic E-state index is -0.0446. The summed E-state index contributed by atoms with van der Waals surface area (Å²) in [6.07, 6.45) is 4.58. The zero-order chi connectivity index (χ0) is 17.4. The smallest absolute Gasteiger partial charge is 0.274 e. The standard InChI is InChI=1S/C17H20N6O2/c1-3-23-10-7-13(19-23)17(24)22-9-6-12(11-22)16-18-15(20-25-16)14-5-4-8-21(14)2/h4-5,7-8,10,12H,3,6,9,11H2,1-2H3. The molecule has 130 valence electrons. The van der Waals surface area contributed by atoms with Crippen LogP contribution in [0.2, 0.25) is 0 Å². The molecule has 1 aliphatic rings. The van der Waals surface area contributed by atoms with E-state index < -0.39 is 0 Å². The first-order chi connectivity index (χ1) is 12.2. The van der Waals surface area contributed by atoms with Crippen molar-refractivity contribution in [2.24, 2.45) is 7.05 Å². The Bertz CT molecular complexity index is 892. The zero-order valence-electron chi connectivity index (χ0n) is 14.3. The highest BCUT2D eigenvalue weighted by Gasteiger charge is 2.32. The number of carbonyl (C=O) groups is 1. The fourth-order valence-corrected chi connectivity index (χ4v) is 3.16. The molecule has 0 spiro atoms. The molecule has 1 saturated heterocycles. The monoisotopic (exact) mass is 340 g/mol. The van der Waals surface area contributed by atoms with Crippen molar-refractivity contribution in [2.75, 3.05) is 13.1 Å². The second-order valence-electron chi connectivity index (χ2n) is 6.25. The van der Waals surface area contributed by atoms with Crippen LogP contribution in [0.3, 0.4) is 0 Å². The summed E-state index contributed by atoms with van der Waals surface area (Å²) in [4.78, 5) is 18.9. The molecule has 0 radical (unpaired) electrons. The molecular formula is C17H20N6O2. The second-order valence-corrected chi connectivity index (χ2v) is 6.25. The molecule has 0 N–H and O–H groups in total. The highest BCUT2D eigenvalue weighted by molar-refractivity contribution is 5.92. The Morgan fingerprint density at radius 1 is 1.36 bits per heavy atom. The van der Waals surface area contributed by atoms with Gasteiger partial charge in [0.1, 0.15) is 5.69 Å². The normalized spacial score (nSPS) is 17.4. The molecule has 3 aromatic heterocycles. The van der Waals surface area contributed by atoms with Gasteiger partial charge in [-0.1, -0.05) is 5.16 Å². The van der Waals surface area contributed by atoms with Gasteiger partial charge < -0.3 is 14.0 Å². The maximum Gasteiger partial charge on any atom is 0.274 e. The second kappa shape index (κ2) is 6.19. The Morgan fingerprint density at radius 3 is 2.96 bits per heavy atom. The first kappa shape index (κ1) is 15.6. The van der Waals surface area contributed by atoms with Crippen LogP contribution in [0.25, 0.3) is 11.5 Å². The maximum absolute atomic E-state index is 12.6. The van der Waals surface area contributed by atoms with Gasteiger partial charge in [-0.25, -0.2) is 0 Å². The van der Waals surface area contributed by atoms with Crippen molar-refractivity contribution in [1.82, 2.24) is 29.4 Å². The van der Waals surface area contributed by atoms with Gasteiger partial charge in [-0.3, -0.25) is 9.48 Å². The van der Waals surface area contributed by atoms with Gasteiger partial charge in [0.15, 0.2) is 0 Å². The predicted molar refractivity (Wildman–Crippen MR) is 89.9 cm³/mol. The Balaban J connectivity index is 1.46. The summed E-state index contributed by atoms with van der Waals surface area (Å²) in [6, 6.07) is 5.65. The van der Waals surface area contributed by atoms with Gasteiger partial charge in [-0.15, -0.1) is 0 Å². The van der Waals surface area contributed by atoms with Crippen LogP contribution in [0.15, 0.2) is 35.1 Å². The Hall–Kier alpha value is -2.90. The summed E-state index contributed by atoms with van der Waals surface area (Å²) in [7, 11) is 1.94. The third kappa shape index (κ3) is 2.84. The lowest BCUT2D eigenvalue weighted by Crippen LogP contribution is -2.29. The molecule has 1 fully saturated rings. The van der Waals surface area contributed by atoms with Crippen molar-refractivity contribution in [3.05, 3.63) is 42.2 Å². The van der Waals surface area contributed by atoms with E-state index in [1.165, 1.54) is 0 Å². The largest absolute Gasteiger partial charge is 0.348 e. The number of aromatic nitrogens is 5. The predicted octanol–water partition coefficient (Wildman–Crippen LogP) is 1.92. The fraction of sp³-hybridized carbons (Fsp3) is 0.412. The van der Waals surface area contributed by atoms with Crippen molar-refractivity contribution in [1.29, 1.82) is 0 Å². The number of aryl methyl sites for hydroxylation is 2. The first-order valence-corrected chi connectivity index (χ1v) is 8.43. The van der Waals surface area contributed by atoms with E-state index >= 15 is 0 Å². The van der Waals surface area contributed by atoms with Gasteiger partial charge in [0.05, 0.1) is 11.6 Å². The average molecular weight is 340 g/mol. The molecule has 4 rings (SSSR count). The third-order valence-corrected chi connectivity index (χ3v) is 4.62. The molecule has 4 heterocycles. The van der Waals surface area contributed by atoms with Crippen LogP contribution >= 0.6 is 0 Å². The van der Waals surface area contributed by atoms with E-state index in [4.69, 9.17) is 4.52 Å². The number of hydrogen-bond donors (Lipinski definition) is 0. The molecule has 0 bridgehead atoms. The van der Waals surface area contributed by atoms with Crippen molar-refractivity contribution < 1.29 is 9.32 Å². The van der Waals surface area contributed by atoms with E-state index in [1.54, 1.807) is 15.6 Å². The highest BCUT2D eigenvalue weighted by atomic mass is 16.5. The Kier molecular flexibility index (Phi) is 3.87. The first-order valence-electron chi connectivity index (χ1n) is 8.43. The number of amides is 1. The van der Waals surface area contributed by atoms with E-state index in [-0.39, 0.29) is 11.8 Å². The van der Waals surface area contributed by atoms with Gasteiger partial charge >= 0.3 is 0 Å². The van der Waals surface area contributed by atoms with Gasteiger partial charge in [-0.05, 0) is 31.5 Å². The fourth-order valence-electron chi connectivity index (χ4n) is 3.16. The Labute approximate surface area is 145 Å². The quantitative estimate of drug-likeness (QED) is 0.725. The molecule has 1 amide bonds. The van der Waals surface area contributed by atoms with Crippen LogP contribution < -0.4 is 0 Å². The minimum absolute atomic E-state index is 0.0446. The summed E-state index contributed by atoms with van der Waals surface area (Å²) < 4.78 is 9.15. The number of hydrogen-bond acceptors (Lipinski definition) is 5. The molecule has 8 heteroatoms. The Morgan fingerprint density at radius 2 is 2.24 bits per heavy atom. The summed E-state index contributed by atoms with van der Waals surface area (Å²) >= 11 is 0. The lowest BCUT2D eigenvalue weighted by atomic mass is 10.1. The summed E-state index contributed by atoms with van der Waals surface area (Å²) in [6.45, 7) is 3.99.